The van der Waals surface area contributed by atoms with E-state index >= 15 is 0 Å². The van der Waals surface area contributed by atoms with Crippen molar-refractivity contribution in [2.24, 2.45) is 0 Å². The van der Waals surface area contributed by atoms with Gasteiger partial charge in [-0.15, -0.1) is 22.7 Å². The number of aryl methyl sites for hydroxylation is 2. The molecular formula is C15H16N4O2S2. The second kappa shape index (κ2) is 7.47. The van der Waals surface area contributed by atoms with Gasteiger partial charge in [-0.3, -0.25) is 4.79 Å². The van der Waals surface area contributed by atoms with Gasteiger partial charge >= 0.3 is 0 Å². The average Bonchev–Trinajstić information content (AvgIpc) is 3.26. The summed E-state index contributed by atoms with van der Waals surface area (Å²) in [6, 6.07) is 3.90. The Labute approximate surface area is 141 Å². The van der Waals surface area contributed by atoms with Crippen LogP contribution in [0.1, 0.15) is 28.6 Å². The SMILES string of the molecule is Cc1ncc(CNC(=O)CCCc2nc(-c3cccs3)no2)s1. The van der Waals surface area contributed by atoms with Crippen molar-refractivity contribution in [3.63, 3.8) is 0 Å². The molecule has 3 aromatic heterocycles. The molecule has 3 rings (SSSR count). The van der Waals surface area contributed by atoms with Crippen LogP contribution < -0.4 is 5.32 Å². The van der Waals surface area contributed by atoms with Crippen LogP contribution in [0.4, 0.5) is 0 Å². The van der Waals surface area contributed by atoms with Crippen LogP contribution >= 0.6 is 22.7 Å². The summed E-state index contributed by atoms with van der Waals surface area (Å²) >= 11 is 3.16. The van der Waals surface area contributed by atoms with E-state index in [0.29, 0.717) is 37.5 Å². The van der Waals surface area contributed by atoms with E-state index in [2.05, 4.69) is 20.4 Å². The molecule has 0 aliphatic rings. The molecule has 0 saturated carbocycles. The van der Waals surface area contributed by atoms with Crippen LogP contribution in [0, 0.1) is 6.92 Å². The average molecular weight is 348 g/mol. The van der Waals surface area contributed by atoms with Crippen molar-refractivity contribution in [3.8, 4) is 10.7 Å². The van der Waals surface area contributed by atoms with Gasteiger partial charge in [0, 0.05) is 23.9 Å². The van der Waals surface area contributed by atoms with Crippen LogP contribution in [0.3, 0.4) is 0 Å². The van der Waals surface area contributed by atoms with Crippen LogP contribution in [0.5, 0.6) is 0 Å². The van der Waals surface area contributed by atoms with E-state index in [1.807, 2.05) is 24.4 Å². The maximum Gasteiger partial charge on any atom is 0.226 e. The van der Waals surface area contributed by atoms with Crippen LogP contribution in [-0.2, 0) is 17.8 Å². The predicted molar refractivity (Wildman–Crippen MR) is 89.2 cm³/mol. The lowest BCUT2D eigenvalue weighted by atomic mass is 10.2. The zero-order chi connectivity index (χ0) is 16.1. The molecule has 3 aromatic rings. The largest absolute Gasteiger partial charge is 0.351 e. The molecule has 0 fully saturated rings. The molecule has 0 bridgehead atoms. The Morgan fingerprint density at radius 2 is 2.35 bits per heavy atom. The maximum atomic E-state index is 11.8. The number of amides is 1. The van der Waals surface area contributed by atoms with E-state index < -0.39 is 0 Å². The highest BCUT2D eigenvalue weighted by Crippen LogP contribution is 2.21. The van der Waals surface area contributed by atoms with Gasteiger partial charge in [-0.25, -0.2) is 4.98 Å². The standard InChI is InChI=1S/C15H16N4O2S2/c1-10-16-8-11(23-10)9-17-13(20)5-2-6-14-18-15(19-21-14)12-4-3-7-22-12/h3-4,7-8H,2,5-6,9H2,1H3,(H,17,20). The molecule has 0 spiro atoms. The molecule has 0 aliphatic carbocycles. The number of rotatable bonds is 7. The van der Waals surface area contributed by atoms with Crippen LogP contribution in [-0.4, -0.2) is 21.0 Å². The molecule has 0 saturated heterocycles. The number of carbonyl (C=O) groups is 1. The molecule has 3 heterocycles. The van der Waals surface area contributed by atoms with Gasteiger partial charge in [0.15, 0.2) is 0 Å². The second-order valence-electron chi connectivity index (χ2n) is 4.96. The fourth-order valence-corrected chi connectivity index (χ4v) is 3.41. The van der Waals surface area contributed by atoms with Crippen molar-refractivity contribution in [3.05, 3.63) is 39.5 Å². The summed E-state index contributed by atoms with van der Waals surface area (Å²) in [6.45, 7) is 2.48. The molecule has 1 N–H and O–H groups in total. The molecule has 0 unspecified atom stereocenters. The van der Waals surface area contributed by atoms with Crippen molar-refractivity contribution in [1.29, 1.82) is 0 Å². The molecule has 0 aromatic carbocycles. The molecular weight excluding hydrogens is 332 g/mol. The highest BCUT2D eigenvalue weighted by Gasteiger charge is 2.10. The van der Waals surface area contributed by atoms with Crippen molar-refractivity contribution >= 4 is 28.6 Å². The van der Waals surface area contributed by atoms with Gasteiger partial charge in [-0.1, -0.05) is 11.2 Å². The monoisotopic (exact) mass is 348 g/mol. The normalized spacial score (nSPS) is 10.8. The van der Waals surface area contributed by atoms with Gasteiger partial charge in [0.25, 0.3) is 0 Å². The van der Waals surface area contributed by atoms with Crippen molar-refractivity contribution < 1.29 is 9.32 Å². The van der Waals surface area contributed by atoms with Crippen LogP contribution in [0.15, 0.2) is 28.2 Å². The lowest BCUT2D eigenvalue weighted by molar-refractivity contribution is -0.121. The predicted octanol–water partition coefficient (Wildman–Crippen LogP) is 3.20. The first-order valence-corrected chi connectivity index (χ1v) is 8.95. The first-order valence-electron chi connectivity index (χ1n) is 7.25. The highest BCUT2D eigenvalue weighted by molar-refractivity contribution is 7.13. The number of hydrogen-bond donors (Lipinski definition) is 1. The lowest BCUT2D eigenvalue weighted by Crippen LogP contribution is -2.22. The minimum absolute atomic E-state index is 0.0223. The topological polar surface area (TPSA) is 80.9 Å². The molecule has 0 radical (unpaired) electrons. The zero-order valence-corrected chi connectivity index (χ0v) is 14.2. The summed E-state index contributed by atoms with van der Waals surface area (Å²) in [5.41, 5.74) is 0. The molecule has 23 heavy (non-hydrogen) atoms. The summed E-state index contributed by atoms with van der Waals surface area (Å²) in [6.07, 6.45) is 3.52. The fraction of sp³-hybridized carbons (Fsp3) is 0.333. The number of nitrogens with zero attached hydrogens (tertiary/aromatic N) is 3. The second-order valence-corrected chi connectivity index (χ2v) is 7.23. The molecule has 1 amide bonds. The number of thiazole rings is 1. The van der Waals surface area contributed by atoms with Gasteiger partial charge in [0.1, 0.15) is 0 Å². The quantitative estimate of drug-likeness (QED) is 0.709. The van der Waals surface area contributed by atoms with Crippen molar-refractivity contribution in [1.82, 2.24) is 20.4 Å². The van der Waals surface area contributed by atoms with E-state index in [4.69, 9.17) is 4.52 Å². The fourth-order valence-electron chi connectivity index (χ4n) is 2.02. The summed E-state index contributed by atoms with van der Waals surface area (Å²) in [4.78, 5) is 22.4. The Kier molecular flexibility index (Phi) is 5.14. The molecule has 0 aliphatic heterocycles. The summed E-state index contributed by atoms with van der Waals surface area (Å²) < 4.78 is 5.21. The van der Waals surface area contributed by atoms with Gasteiger partial charge in [0.05, 0.1) is 16.4 Å². The Balaban J connectivity index is 1.40. The number of nitrogens with one attached hydrogen (secondary N) is 1. The van der Waals surface area contributed by atoms with Gasteiger partial charge in [0.2, 0.25) is 17.6 Å². The molecule has 8 heteroatoms. The number of aromatic nitrogens is 3. The number of thiophene rings is 1. The lowest BCUT2D eigenvalue weighted by Gasteiger charge is -2.02. The van der Waals surface area contributed by atoms with E-state index in [0.717, 1.165) is 14.8 Å². The summed E-state index contributed by atoms with van der Waals surface area (Å²) in [7, 11) is 0. The Morgan fingerprint density at radius 3 is 3.09 bits per heavy atom. The van der Waals surface area contributed by atoms with E-state index in [9.17, 15) is 4.79 Å². The summed E-state index contributed by atoms with van der Waals surface area (Å²) in [5.74, 6) is 1.20. The van der Waals surface area contributed by atoms with E-state index in [-0.39, 0.29) is 5.91 Å². The smallest absolute Gasteiger partial charge is 0.226 e. The first kappa shape index (κ1) is 15.8. The van der Waals surface area contributed by atoms with E-state index in [1.54, 1.807) is 28.9 Å². The minimum atomic E-state index is 0.0223. The molecule has 120 valence electrons. The Bertz CT molecular complexity index is 764. The maximum absolute atomic E-state index is 11.8. The Morgan fingerprint density at radius 1 is 1.43 bits per heavy atom. The third-order valence-corrected chi connectivity index (χ3v) is 4.91. The summed E-state index contributed by atoms with van der Waals surface area (Å²) in [5, 5.41) is 9.82. The van der Waals surface area contributed by atoms with Crippen LogP contribution in [0.2, 0.25) is 0 Å². The van der Waals surface area contributed by atoms with Gasteiger partial charge in [-0.2, -0.15) is 4.98 Å². The highest BCUT2D eigenvalue weighted by atomic mass is 32.1. The third kappa shape index (κ3) is 4.46. The number of hydrogen-bond acceptors (Lipinski definition) is 7. The zero-order valence-electron chi connectivity index (χ0n) is 12.6. The first-order chi connectivity index (χ1) is 11.2. The van der Waals surface area contributed by atoms with Crippen molar-refractivity contribution in [2.45, 2.75) is 32.7 Å². The van der Waals surface area contributed by atoms with Gasteiger partial charge in [-0.05, 0) is 24.8 Å². The van der Waals surface area contributed by atoms with Crippen molar-refractivity contribution in [2.75, 3.05) is 0 Å². The third-order valence-electron chi connectivity index (χ3n) is 3.13. The molecule has 0 atom stereocenters. The van der Waals surface area contributed by atoms with Crippen LogP contribution in [0.25, 0.3) is 10.7 Å². The Hall–Kier alpha value is -2.06. The molecule has 6 nitrogen and oxygen atoms in total. The van der Waals surface area contributed by atoms with Gasteiger partial charge < -0.3 is 9.84 Å². The van der Waals surface area contributed by atoms with E-state index in [1.165, 1.54) is 0 Å². The minimum Gasteiger partial charge on any atom is -0.351 e. The number of carbonyl (C=O) groups excluding carboxylic acids is 1.